The minimum Gasteiger partial charge on any atom is -0.358 e. The smallest absolute Gasteiger partial charge is 0.358 e. The van der Waals surface area contributed by atoms with E-state index in [0.29, 0.717) is 0 Å². The predicted molar refractivity (Wildman–Crippen MR) is 94.4 cm³/mol. The van der Waals surface area contributed by atoms with E-state index >= 15 is 0 Å². The number of aryl methyl sites for hydroxylation is 1. The lowest BCUT2D eigenvalue weighted by Crippen LogP contribution is -2.31. The lowest BCUT2D eigenvalue weighted by Gasteiger charge is -2.18. The van der Waals surface area contributed by atoms with Crippen LogP contribution in [0.15, 0.2) is 54.3 Å². The van der Waals surface area contributed by atoms with Crippen molar-refractivity contribution in [3.63, 3.8) is 0 Å². The molecule has 128 valence electrons. The van der Waals surface area contributed by atoms with Crippen LogP contribution in [0, 0.1) is 17.0 Å². The van der Waals surface area contributed by atoms with Crippen LogP contribution in [0.25, 0.3) is 0 Å². The van der Waals surface area contributed by atoms with Crippen molar-refractivity contribution in [2.75, 3.05) is 0 Å². The number of aromatic nitrogens is 2. The Kier molecular flexibility index (Phi) is 4.90. The van der Waals surface area contributed by atoms with Crippen LogP contribution in [-0.4, -0.2) is 20.4 Å². The molecule has 0 aliphatic carbocycles. The van der Waals surface area contributed by atoms with E-state index in [1.807, 2.05) is 48.7 Å². The van der Waals surface area contributed by atoms with E-state index < -0.39 is 4.92 Å². The van der Waals surface area contributed by atoms with E-state index in [2.05, 4.69) is 10.3 Å². The summed E-state index contributed by atoms with van der Waals surface area (Å²) in [7, 11) is 0. The summed E-state index contributed by atoms with van der Waals surface area (Å²) < 4.78 is 1.40. The third-order valence-corrected chi connectivity index (χ3v) is 4.61. The number of hydrogen-bond donors (Lipinski definition) is 1. The van der Waals surface area contributed by atoms with E-state index in [-0.39, 0.29) is 24.3 Å². The van der Waals surface area contributed by atoms with Gasteiger partial charge in [-0.15, -0.1) is 11.3 Å². The summed E-state index contributed by atoms with van der Waals surface area (Å²) in [6, 6.07) is 11.6. The number of carbonyl (C=O) groups is 1. The highest BCUT2D eigenvalue weighted by Gasteiger charge is 2.19. The van der Waals surface area contributed by atoms with E-state index in [9.17, 15) is 14.9 Å². The quantitative estimate of drug-likeness (QED) is 0.543. The highest BCUT2D eigenvalue weighted by molar-refractivity contribution is 7.10. The summed E-state index contributed by atoms with van der Waals surface area (Å²) in [5, 5.41) is 15.6. The van der Waals surface area contributed by atoms with Crippen molar-refractivity contribution in [3.05, 3.63) is 80.4 Å². The molecular weight excluding hydrogens is 340 g/mol. The topological polar surface area (TPSA) is 90.1 Å². The van der Waals surface area contributed by atoms with Gasteiger partial charge in [-0.25, -0.2) is 0 Å². The van der Waals surface area contributed by atoms with Crippen LogP contribution in [0.1, 0.15) is 22.0 Å². The summed E-state index contributed by atoms with van der Waals surface area (Å²) in [6.45, 7) is 1.98. The van der Waals surface area contributed by atoms with Gasteiger partial charge in [-0.3, -0.25) is 4.79 Å². The molecule has 2 heterocycles. The number of imidazole rings is 1. The molecule has 1 aromatic carbocycles. The summed E-state index contributed by atoms with van der Waals surface area (Å²) >= 11 is 1.56. The van der Waals surface area contributed by atoms with Gasteiger partial charge >= 0.3 is 5.82 Å². The van der Waals surface area contributed by atoms with E-state index in [0.717, 1.165) is 16.0 Å². The maximum absolute atomic E-state index is 12.4. The number of nitrogens with one attached hydrogen (secondary N) is 1. The van der Waals surface area contributed by atoms with Crippen molar-refractivity contribution in [1.29, 1.82) is 0 Å². The monoisotopic (exact) mass is 356 g/mol. The molecule has 0 saturated heterocycles. The molecule has 8 heteroatoms. The van der Waals surface area contributed by atoms with Crippen LogP contribution in [0.4, 0.5) is 5.82 Å². The second kappa shape index (κ2) is 7.27. The minimum absolute atomic E-state index is 0.0332. The number of carbonyl (C=O) groups excluding carboxylic acids is 1. The molecule has 1 atom stereocenters. The molecule has 1 amide bonds. The highest BCUT2D eigenvalue weighted by Crippen LogP contribution is 2.26. The summed E-state index contributed by atoms with van der Waals surface area (Å²) in [5.74, 6) is -0.521. The fourth-order valence-electron chi connectivity index (χ4n) is 2.43. The predicted octanol–water partition coefficient (Wildman–Crippen LogP) is 3.07. The molecule has 0 saturated carbocycles. The minimum atomic E-state index is -0.588. The molecule has 1 N–H and O–H groups in total. The van der Waals surface area contributed by atoms with Gasteiger partial charge in [-0.2, -0.15) is 0 Å². The van der Waals surface area contributed by atoms with Gasteiger partial charge in [-0.1, -0.05) is 35.9 Å². The zero-order valence-electron chi connectivity index (χ0n) is 13.5. The van der Waals surface area contributed by atoms with E-state index in [1.165, 1.54) is 17.1 Å². The second-order valence-corrected chi connectivity index (χ2v) is 6.57. The molecule has 3 rings (SSSR count). The Hall–Kier alpha value is -3.00. The van der Waals surface area contributed by atoms with E-state index in [4.69, 9.17) is 0 Å². The van der Waals surface area contributed by atoms with Crippen LogP contribution in [-0.2, 0) is 11.3 Å². The van der Waals surface area contributed by atoms with Gasteiger partial charge in [0.15, 0.2) is 0 Å². The maximum atomic E-state index is 12.4. The second-order valence-electron chi connectivity index (χ2n) is 5.59. The molecule has 0 aliphatic rings. The Morgan fingerprint density at radius 1 is 1.36 bits per heavy atom. The van der Waals surface area contributed by atoms with Crippen molar-refractivity contribution in [2.24, 2.45) is 0 Å². The molecule has 3 aromatic rings. The largest absolute Gasteiger partial charge is 0.381 e. The number of amides is 1. The number of nitrogens with zero attached hydrogens (tertiary/aromatic N) is 3. The van der Waals surface area contributed by atoms with Crippen LogP contribution < -0.4 is 5.32 Å². The summed E-state index contributed by atoms with van der Waals surface area (Å²) in [4.78, 5) is 27.2. The van der Waals surface area contributed by atoms with Crippen molar-refractivity contribution < 1.29 is 9.72 Å². The number of rotatable bonds is 6. The molecule has 7 nitrogen and oxygen atoms in total. The maximum Gasteiger partial charge on any atom is 0.381 e. The van der Waals surface area contributed by atoms with Crippen LogP contribution in [0.3, 0.4) is 0 Å². The standard InChI is InChI=1S/C17H16N4O3S/c1-12-4-6-13(7-5-12)17(14-3-2-8-25-14)19-16(22)10-20-9-15(18-11-20)21(23)24/h2-9,11,17H,10H2,1H3,(H,19,22). The third kappa shape index (κ3) is 4.10. The number of benzene rings is 1. The van der Waals surface area contributed by atoms with Gasteiger partial charge in [0.2, 0.25) is 12.2 Å². The molecule has 0 fully saturated rings. The lowest BCUT2D eigenvalue weighted by molar-refractivity contribution is -0.389. The first-order valence-corrected chi connectivity index (χ1v) is 8.46. The Labute approximate surface area is 148 Å². The van der Waals surface area contributed by atoms with Gasteiger partial charge in [0.1, 0.15) is 12.7 Å². The van der Waals surface area contributed by atoms with Crippen molar-refractivity contribution in [1.82, 2.24) is 14.9 Å². The Morgan fingerprint density at radius 2 is 2.12 bits per heavy atom. The van der Waals surface area contributed by atoms with E-state index in [1.54, 1.807) is 11.3 Å². The summed E-state index contributed by atoms with van der Waals surface area (Å²) in [5.41, 5.74) is 2.13. The van der Waals surface area contributed by atoms with Gasteiger partial charge in [0.05, 0.1) is 6.04 Å². The third-order valence-electron chi connectivity index (χ3n) is 3.68. The number of thiophene rings is 1. The Bertz CT molecular complexity index is 872. The van der Waals surface area contributed by atoms with Crippen molar-refractivity contribution in [3.8, 4) is 0 Å². The van der Waals surface area contributed by atoms with Crippen LogP contribution in [0.5, 0.6) is 0 Å². The van der Waals surface area contributed by atoms with Gasteiger partial charge in [0.25, 0.3) is 0 Å². The fourth-order valence-corrected chi connectivity index (χ4v) is 3.24. The molecule has 0 radical (unpaired) electrons. The van der Waals surface area contributed by atoms with Gasteiger partial charge in [-0.05, 0) is 33.8 Å². The van der Waals surface area contributed by atoms with Crippen molar-refractivity contribution in [2.45, 2.75) is 19.5 Å². The molecular formula is C17H16N4O3S. The highest BCUT2D eigenvalue weighted by atomic mass is 32.1. The molecule has 25 heavy (non-hydrogen) atoms. The first-order chi connectivity index (χ1) is 12.0. The SMILES string of the molecule is Cc1ccc(C(NC(=O)Cn2cnc([N+](=O)[O-])c2)c2cccs2)cc1. The normalized spacial score (nSPS) is 11.9. The fraction of sp³-hybridized carbons (Fsp3) is 0.176. The average molecular weight is 356 g/mol. The molecule has 0 aliphatic heterocycles. The first kappa shape index (κ1) is 16.8. The Morgan fingerprint density at radius 3 is 2.72 bits per heavy atom. The zero-order chi connectivity index (χ0) is 17.8. The number of nitro groups is 1. The Balaban J connectivity index is 1.76. The molecule has 2 aromatic heterocycles. The first-order valence-electron chi connectivity index (χ1n) is 7.58. The van der Waals surface area contributed by atoms with Gasteiger partial charge < -0.3 is 20.0 Å². The van der Waals surface area contributed by atoms with Crippen LogP contribution in [0.2, 0.25) is 0 Å². The van der Waals surface area contributed by atoms with Crippen LogP contribution >= 0.6 is 11.3 Å². The molecule has 0 spiro atoms. The summed E-state index contributed by atoms with van der Waals surface area (Å²) in [6.07, 6.45) is 2.52. The average Bonchev–Trinajstić information content (AvgIpc) is 3.25. The van der Waals surface area contributed by atoms with Crippen molar-refractivity contribution >= 4 is 23.1 Å². The lowest BCUT2D eigenvalue weighted by atomic mass is 10.0. The molecule has 0 bridgehead atoms. The molecule has 1 unspecified atom stereocenters. The number of hydrogen-bond acceptors (Lipinski definition) is 5. The zero-order valence-corrected chi connectivity index (χ0v) is 14.3. The van der Waals surface area contributed by atoms with Gasteiger partial charge in [0, 0.05) is 4.88 Å².